The number of halogens is 5. The van der Waals surface area contributed by atoms with Gasteiger partial charge in [-0.3, -0.25) is 9.59 Å². The van der Waals surface area contributed by atoms with E-state index in [1.54, 1.807) is 6.92 Å². The number of unbranched alkanes of at least 4 members (excludes halogenated alkanes) is 3. The minimum atomic E-state index is -5.14. The fourth-order valence-electron chi connectivity index (χ4n) is 7.40. The van der Waals surface area contributed by atoms with Gasteiger partial charge in [0, 0.05) is 24.9 Å². The molecule has 1 aliphatic carbocycles. The second-order valence-electron chi connectivity index (χ2n) is 15.8. The molecular formula is C45H68F5N5O7Si. The Morgan fingerprint density at radius 3 is 1.83 bits per heavy atom. The van der Waals surface area contributed by atoms with Crippen LogP contribution in [0.5, 0.6) is 17.8 Å². The third-order valence-electron chi connectivity index (χ3n) is 11.3. The van der Waals surface area contributed by atoms with Crippen LogP contribution < -0.4 is 19.5 Å². The number of carbonyl (C=O) groups excluding carboxylic acids is 2. The third-order valence-corrected chi connectivity index (χ3v) is 15.9. The molecule has 1 aromatic heterocycles. The number of esters is 1. The highest BCUT2D eigenvalue weighted by Crippen LogP contribution is 2.41. The van der Waals surface area contributed by atoms with Gasteiger partial charge in [0.05, 0.1) is 50.6 Å². The molecule has 1 atom stereocenters. The smallest absolute Gasteiger partial charge is 0.431 e. The van der Waals surface area contributed by atoms with Gasteiger partial charge in [0.1, 0.15) is 22.9 Å². The van der Waals surface area contributed by atoms with Gasteiger partial charge in [-0.05, 0) is 87.7 Å². The molecule has 63 heavy (non-hydrogen) atoms. The summed E-state index contributed by atoms with van der Waals surface area (Å²) in [4.78, 5) is 37.6. The van der Waals surface area contributed by atoms with Crippen LogP contribution in [0.1, 0.15) is 130 Å². The first-order valence-electron chi connectivity index (χ1n) is 22.6. The number of benzene rings is 1. The Morgan fingerprint density at radius 2 is 1.37 bits per heavy atom. The van der Waals surface area contributed by atoms with E-state index in [0.29, 0.717) is 49.9 Å². The Morgan fingerprint density at radius 1 is 0.841 bits per heavy atom. The molecule has 0 aliphatic heterocycles. The molecule has 1 saturated carbocycles. The van der Waals surface area contributed by atoms with Crippen molar-refractivity contribution in [1.82, 2.24) is 20.2 Å². The van der Waals surface area contributed by atoms with E-state index in [4.69, 9.17) is 28.8 Å². The van der Waals surface area contributed by atoms with Crippen molar-refractivity contribution in [3.63, 3.8) is 0 Å². The number of amides is 1. The summed E-state index contributed by atoms with van der Waals surface area (Å²) in [6, 6.07) is 3.72. The Bertz CT molecular complexity index is 1730. The number of hydrogen-bond donors (Lipinski definition) is 2. The zero-order chi connectivity index (χ0) is 46.6. The largest absolute Gasteiger partial charge is 0.477 e. The summed E-state index contributed by atoms with van der Waals surface area (Å²) in [5.41, 5.74) is -2.31. The number of nitrogens with zero attached hydrogens (tertiary/aromatic N) is 3. The third kappa shape index (κ3) is 16.0. The second kappa shape index (κ2) is 26.5. The van der Waals surface area contributed by atoms with E-state index in [1.165, 1.54) is 0 Å². The standard InChI is InChI=1S/C45H68F5N5O7Si/c1-8-15-22-59-40-38(41(60-23-16-9-2)54-44(53-40)61-24-17-10-3)37(62-63(12-5,13-6)14-7)30-55(29-31-25-33(46)27-34(47)26-31)42(56)36(28-51)39(45(48,49)50)52-35-20-18-32(19-21-35)43(57)58-11-4/h25-28,32,35,37,51-52H,8-24,29-30H2,1-7H3/b39-36+,51-28?/t32-,35-,37?. The molecule has 0 saturated heterocycles. The van der Waals surface area contributed by atoms with Crippen molar-refractivity contribution in [2.75, 3.05) is 33.0 Å². The van der Waals surface area contributed by atoms with Crippen molar-refractivity contribution in [3.8, 4) is 17.8 Å². The number of alkyl halides is 3. The van der Waals surface area contributed by atoms with Gasteiger partial charge >= 0.3 is 18.2 Å². The van der Waals surface area contributed by atoms with Crippen molar-refractivity contribution in [2.24, 2.45) is 5.92 Å². The number of rotatable bonds is 28. The van der Waals surface area contributed by atoms with Crippen LogP contribution in [-0.2, 0) is 25.3 Å². The van der Waals surface area contributed by atoms with Gasteiger partial charge in [-0.15, -0.1) is 0 Å². The molecule has 2 N–H and O–H groups in total. The molecule has 0 bridgehead atoms. The Labute approximate surface area is 370 Å². The van der Waals surface area contributed by atoms with Crippen LogP contribution >= 0.6 is 0 Å². The number of ether oxygens (including phenoxy) is 4. The van der Waals surface area contributed by atoms with E-state index >= 15 is 13.2 Å². The fourth-order valence-corrected chi connectivity index (χ4v) is 10.2. The van der Waals surface area contributed by atoms with Crippen molar-refractivity contribution < 1.29 is 54.9 Å². The van der Waals surface area contributed by atoms with Crippen LogP contribution in [0.2, 0.25) is 18.1 Å². The molecule has 18 heteroatoms. The highest BCUT2D eigenvalue weighted by Gasteiger charge is 2.43. The summed E-state index contributed by atoms with van der Waals surface area (Å²) >= 11 is 0. The van der Waals surface area contributed by atoms with Gasteiger partial charge in [-0.2, -0.15) is 23.1 Å². The molecule has 2 aromatic rings. The van der Waals surface area contributed by atoms with Crippen LogP contribution in [0.4, 0.5) is 22.0 Å². The molecule has 1 amide bonds. The Kier molecular flexibility index (Phi) is 22.3. The zero-order valence-electron chi connectivity index (χ0n) is 38.1. The normalized spacial score (nSPS) is 16.4. The first kappa shape index (κ1) is 53.0. The van der Waals surface area contributed by atoms with Gasteiger partial charge in [-0.25, -0.2) is 8.78 Å². The van der Waals surface area contributed by atoms with Gasteiger partial charge in [0.2, 0.25) is 11.8 Å². The van der Waals surface area contributed by atoms with Gasteiger partial charge < -0.3 is 39.0 Å². The molecule has 1 fully saturated rings. The predicted octanol–water partition coefficient (Wildman–Crippen LogP) is 10.6. The van der Waals surface area contributed by atoms with Crippen LogP contribution in [0.25, 0.3) is 0 Å². The lowest BCUT2D eigenvalue weighted by atomic mass is 9.86. The van der Waals surface area contributed by atoms with E-state index in [2.05, 4.69) is 15.3 Å². The lowest BCUT2D eigenvalue weighted by molar-refractivity contribution is -0.149. The van der Waals surface area contributed by atoms with Crippen LogP contribution in [0.15, 0.2) is 29.5 Å². The fraction of sp³-hybridized carbons (Fsp3) is 0.667. The van der Waals surface area contributed by atoms with E-state index in [0.717, 1.165) is 42.7 Å². The average molecular weight is 914 g/mol. The second-order valence-corrected chi connectivity index (χ2v) is 20.5. The summed E-state index contributed by atoms with van der Waals surface area (Å²) in [6.45, 7) is 13.5. The molecule has 1 heterocycles. The molecule has 0 radical (unpaired) electrons. The first-order chi connectivity index (χ1) is 30.1. The summed E-state index contributed by atoms with van der Waals surface area (Å²) in [5, 5.41) is 10.8. The molecule has 1 unspecified atom stereocenters. The number of hydrogen-bond acceptors (Lipinski definition) is 11. The molecule has 1 aliphatic rings. The Balaban J connectivity index is 2.33. The maximum absolute atomic E-state index is 15.2. The lowest BCUT2D eigenvalue weighted by Gasteiger charge is -2.37. The van der Waals surface area contributed by atoms with Crippen molar-refractivity contribution in [1.29, 1.82) is 5.41 Å². The lowest BCUT2D eigenvalue weighted by Crippen LogP contribution is -2.45. The van der Waals surface area contributed by atoms with Crippen molar-refractivity contribution in [2.45, 2.75) is 156 Å². The topological polar surface area (TPSA) is 145 Å². The number of nitrogens with one attached hydrogen (secondary N) is 2. The summed E-state index contributed by atoms with van der Waals surface area (Å²) in [5.74, 6) is -3.94. The van der Waals surface area contributed by atoms with Gasteiger partial charge in [0.25, 0.3) is 5.91 Å². The summed E-state index contributed by atoms with van der Waals surface area (Å²) < 4.78 is 106. The zero-order valence-corrected chi connectivity index (χ0v) is 39.1. The monoisotopic (exact) mass is 913 g/mol. The maximum Gasteiger partial charge on any atom is 0.431 e. The Hall–Kier alpha value is -4.32. The molecule has 0 spiro atoms. The highest BCUT2D eigenvalue weighted by molar-refractivity contribution is 6.73. The number of allylic oxidation sites excluding steroid dienone is 1. The molecule has 1 aromatic carbocycles. The number of aromatic nitrogens is 2. The quantitative estimate of drug-likeness (QED) is 0.0211. The van der Waals surface area contributed by atoms with Crippen LogP contribution in [-0.4, -0.2) is 86.5 Å². The van der Waals surface area contributed by atoms with E-state index in [-0.39, 0.29) is 74.4 Å². The average Bonchev–Trinajstić information content (AvgIpc) is 3.24. The minimum Gasteiger partial charge on any atom is -0.477 e. The van der Waals surface area contributed by atoms with Gasteiger partial charge in [0.15, 0.2) is 8.32 Å². The van der Waals surface area contributed by atoms with Crippen LogP contribution in [0, 0.1) is 23.0 Å². The van der Waals surface area contributed by atoms with E-state index in [1.807, 2.05) is 41.5 Å². The number of carbonyl (C=O) groups is 2. The predicted molar refractivity (Wildman–Crippen MR) is 233 cm³/mol. The van der Waals surface area contributed by atoms with E-state index in [9.17, 15) is 18.4 Å². The molecule has 3 rings (SSSR count). The van der Waals surface area contributed by atoms with Crippen molar-refractivity contribution in [3.05, 3.63) is 52.2 Å². The summed E-state index contributed by atoms with van der Waals surface area (Å²) in [7, 11) is -2.71. The molecular weight excluding hydrogens is 846 g/mol. The molecule has 12 nitrogen and oxygen atoms in total. The van der Waals surface area contributed by atoms with Crippen LogP contribution in [0.3, 0.4) is 0 Å². The first-order valence-corrected chi connectivity index (χ1v) is 25.1. The van der Waals surface area contributed by atoms with E-state index < -0.39 is 80.4 Å². The maximum atomic E-state index is 15.2. The highest BCUT2D eigenvalue weighted by atomic mass is 28.4. The van der Waals surface area contributed by atoms with Crippen molar-refractivity contribution >= 4 is 26.4 Å². The summed E-state index contributed by atoms with van der Waals surface area (Å²) in [6.07, 6.45) is -0.703. The molecule has 354 valence electrons. The van der Waals surface area contributed by atoms with Gasteiger partial charge in [-0.1, -0.05) is 60.8 Å². The minimum absolute atomic E-state index is 0.0108. The SMILES string of the molecule is CCCCOc1nc(OCCCC)c(C(CN(Cc2cc(F)cc(F)c2)C(=O)/C(C=N)=C(/N[C@H]2CC[C@H](C(=O)OCC)CC2)C(F)(F)F)O[Si](CC)(CC)CC)c(OCCCC)n1.